The topological polar surface area (TPSA) is 49.3 Å². The van der Waals surface area contributed by atoms with Crippen LogP contribution in [0.5, 0.6) is 5.75 Å². The molecule has 15 heavy (non-hydrogen) atoms. The lowest BCUT2D eigenvalue weighted by molar-refractivity contribution is -0.116. The first-order valence-corrected chi connectivity index (χ1v) is 6.19. The van der Waals surface area contributed by atoms with Crippen LogP contribution in [0.1, 0.15) is 12.8 Å². The molecule has 0 fully saturated rings. The lowest BCUT2D eigenvalue weighted by Gasteiger charge is -2.04. The van der Waals surface area contributed by atoms with Gasteiger partial charge in [-0.05, 0) is 30.6 Å². The Morgan fingerprint density at radius 1 is 1.53 bits per heavy atom. The van der Waals surface area contributed by atoms with Gasteiger partial charge in [0.2, 0.25) is 5.91 Å². The molecular formula is C11H15NO2S. The van der Waals surface area contributed by atoms with Crippen molar-refractivity contribution in [1.29, 1.82) is 0 Å². The van der Waals surface area contributed by atoms with Crippen molar-refractivity contribution in [2.24, 2.45) is 0 Å². The lowest BCUT2D eigenvalue weighted by atomic mass is 10.2. The Morgan fingerprint density at radius 3 is 3.00 bits per heavy atom. The standard InChI is InChI=1S/C11H15NO2S/c1-15-7-3-6-11(14)12-9-4-2-5-10(13)8-9/h2,4-5,8,13H,3,6-7H2,1H3,(H,12,14). The van der Waals surface area contributed by atoms with E-state index in [0.29, 0.717) is 12.1 Å². The van der Waals surface area contributed by atoms with Gasteiger partial charge in [-0.25, -0.2) is 0 Å². The molecule has 82 valence electrons. The molecule has 0 atom stereocenters. The van der Waals surface area contributed by atoms with Crippen LogP contribution in [0.3, 0.4) is 0 Å². The maximum Gasteiger partial charge on any atom is 0.224 e. The van der Waals surface area contributed by atoms with Gasteiger partial charge in [-0.3, -0.25) is 4.79 Å². The van der Waals surface area contributed by atoms with Crippen molar-refractivity contribution in [1.82, 2.24) is 0 Å². The van der Waals surface area contributed by atoms with Crippen LogP contribution in [0.15, 0.2) is 24.3 Å². The van der Waals surface area contributed by atoms with E-state index in [0.717, 1.165) is 12.2 Å². The van der Waals surface area contributed by atoms with Crippen molar-refractivity contribution in [2.45, 2.75) is 12.8 Å². The summed E-state index contributed by atoms with van der Waals surface area (Å²) in [5.74, 6) is 1.15. The number of nitrogens with one attached hydrogen (secondary N) is 1. The van der Waals surface area contributed by atoms with Gasteiger partial charge in [0.05, 0.1) is 0 Å². The molecule has 1 aromatic rings. The number of anilines is 1. The summed E-state index contributed by atoms with van der Waals surface area (Å²) in [6, 6.07) is 6.56. The monoisotopic (exact) mass is 225 g/mol. The van der Waals surface area contributed by atoms with E-state index in [1.54, 1.807) is 30.0 Å². The van der Waals surface area contributed by atoms with Crippen LogP contribution in [0.2, 0.25) is 0 Å². The van der Waals surface area contributed by atoms with Crippen LogP contribution in [0.4, 0.5) is 5.69 Å². The minimum absolute atomic E-state index is 0.00495. The molecule has 0 spiro atoms. The molecule has 0 radical (unpaired) electrons. The van der Waals surface area contributed by atoms with Crippen molar-refractivity contribution in [3.05, 3.63) is 24.3 Å². The van der Waals surface area contributed by atoms with E-state index in [1.807, 2.05) is 6.26 Å². The highest BCUT2D eigenvalue weighted by molar-refractivity contribution is 7.98. The first-order chi connectivity index (χ1) is 7.22. The Kier molecular flexibility index (Phi) is 5.04. The predicted octanol–water partition coefficient (Wildman–Crippen LogP) is 2.47. The number of hydrogen-bond donors (Lipinski definition) is 2. The van der Waals surface area contributed by atoms with Crippen molar-refractivity contribution >= 4 is 23.4 Å². The second kappa shape index (κ2) is 6.35. The zero-order chi connectivity index (χ0) is 11.1. The number of phenolic OH excluding ortho intramolecular Hbond substituents is 1. The summed E-state index contributed by atoms with van der Waals surface area (Å²) < 4.78 is 0. The molecule has 0 bridgehead atoms. The van der Waals surface area contributed by atoms with Gasteiger partial charge < -0.3 is 10.4 Å². The summed E-state index contributed by atoms with van der Waals surface area (Å²) in [5, 5.41) is 11.9. The number of amides is 1. The summed E-state index contributed by atoms with van der Waals surface area (Å²) in [4.78, 5) is 11.4. The third-order valence-electron chi connectivity index (χ3n) is 1.88. The highest BCUT2D eigenvalue weighted by atomic mass is 32.2. The van der Waals surface area contributed by atoms with Crippen LogP contribution in [0.25, 0.3) is 0 Å². The van der Waals surface area contributed by atoms with E-state index in [-0.39, 0.29) is 11.7 Å². The number of phenols is 1. The normalized spacial score (nSPS) is 9.93. The molecule has 1 rings (SSSR count). The third kappa shape index (κ3) is 4.74. The number of rotatable bonds is 5. The highest BCUT2D eigenvalue weighted by Gasteiger charge is 2.01. The van der Waals surface area contributed by atoms with Crippen LogP contribution in [-0.4, -0.2) is 23.0 Å². The van der Waals surface area contributed by atoms with Gasteiger partial charge >= 0.3 is 0 Å². The molecule has 0 heterocycles. The molecule has 0 aliphatic carbocycles. The average Bonchev–Trinajstić information content (AvgIpc) is 2.18. The van der Waals surface area contributed by atoms with Crippen LogP contribution in [-0.2, 0) is 4.79 Å². The minimum atomic E-state index is -0.00495. The highest BCUT2D eigenvalue weighted by Crippen LogP contribution is 2.15. The minimum Gasteiger partial charge on any atom is -0.508 e. The van der Waals surface area contributed by atoms with Gasteiger partial charge in [-0.15, -0.1) is 0 Å². The van der Waals surface area contributed by atoms with E-state index < -0.39 is 0 Å². The number of carbonyl (C=O) groups excluding carboxylic acids is 1. The molecule has 3 nitrogen and oxygen atoms in total. The molecule has 1 amide bonds. The second-order valence-corrected chi connectivity index (χ2v) is 4.18. The zero-order valence-electron chi connectivity index (χ0n) is 8.69. The fourth-order valence-electron chi connectivity index (χ4n) is 1.18. The van der Waals surface area contributed by atoms with Gasteiger partial charge in [0.15, 0.2) is 0 Å². The van der Waals surface area contributed by atoms with Crippen LogP contribution >= 0.6 is 11.8 Å². The molecule has 0 aliphatic heterocycles. The predicted molar refractivity (Wildman–Crippen MR) is 64.4 cm³/mol. The van der Waals surface area contributed by atoms with Crippen molar-refractivity contribution < 1.29 is 9.90 Å². The third-order valence-corrected chi connectivity index (χ3v) is 2.58. The first kappa shape index (κ1) is 11.9. The Morgan fingerprint density at radius 2 is 2.33 bits per heavy atom. The molecule has 0 saturated heterocycles. The van der Waals surface area contributed by atoms with Gasteiger partial charge in [0.25, 0.3) is 0 Å². The molecule has 2 N–H and O–H groups in total. The number of carbonyl (C=O) groups is 1. The number of aromatic hydroxyl groups is 1. The van der Waals surface area contributed by atoms with Crippen molar-refractivity contribution in [3.63, 3.8) is 0 Å². The molecule has 4 heteroatoms. The summed E-state index contributed by atoms with van der Waals surface area (Å²) in [7, 11) is 0. The molecule has 1 aromatic carbocycles. The Labute approximate surface area is 93.9 Å². The fraction of sp³-hybridized carbons (Fsp3) is 0.364. The molecule has 0 aliphatic rings. The van der Waals surface area contributed by atoms with E-state index in [9.17, 15) is 9.90 Å². The molecule has 0 aromatic heterocycles. The summed E-state index contributed by atoms with van der Waals surface area (Å²) >= 11 is 1.73. The summed E-state index contributed by atoms with van der Waals surface area (Å²) in [6.07, 6.45) is 3.43. The van der Waals surface area contributed by atoms with Gasteiger partial charge in [0, 0.05) is 18.2 Å². The van der Waals surface area contributed by atoms with E-state index >= 15 is 0 Å². The molecule has 0 saturated carbocycles. The van der Waals surface area contributed by atoms with Crippen molar-refractivity contribution in [3.8, 4) is 5.75 Å². The van der Waals surface area contributed by atoms with Crippen LogP contribution < -0.4 is 5.32 Å². The number of thioether (sulfide) groups is 1. The Hall–Kier alpha value is -1.16. The summed E-state index contributed by atoms with van der Waals surface area (Å²) in [6.45, 7) is 0. The number of benzene rings is 1. The Balaban J connectivity index is 2.37. The summed E-state index contributed by atoms with van der Waals surface area (Å²) in [5.41, 5.74) is 0.643. The number of hydrogen-bond acceptors (Lipinski definition) is 3. The maximum atomic E-state index is 11.4. The quantitative estimate of drug-likeness (QED) is 0.757. The first-order valence-electron chi connectivity index (χ1n) is 4.80. The average molecular weight is 225 g/mol. The molecule has 0 unspecified atom stereocenters. The van der Waals surface area contributed by atoms with Crippen molar-refractivity contribution in [2.75, 3.05) is 17.3 Å². The van der Waals surface area contributed by atoms with Gasteiger partial charge in [-0.1, -0.05) is 6.07 Å². The Bertz CT molecular complexity index is 328. The fourth-order valence-corrected chi connectivity index (χ4v) is 1.62. The smallest absolute Gasteiger partial charge is 0.224 e. The van der Waals surface area contributed by atoms with Gasteiger partial charge in [-0.2, -0.15) is 11.8 Å². The van der Waals surface area contributed by atoms with Crippen LogP contribution in [0, 0.1) is 0 Å². The zero-order valence-corrected chi connectivity index (χ0v) is 9.51. The second-order valence-electron chi connectivity index (χ2n) is 3.19. The lowest BCUT2D eigenvalue weighted by Crippen LogP contribution is -2.11. The maximum absolute atomic E-state index is 11.4. The SMILES string of the molecule is CSCCCC(=O)Nc1cccc(O)c1. The van der Waals surface area contributed by atoms with E-state index in [2.05, 4.69) is 5.32 Å². The largest absolute Gasteiger partial charge is 0.508 e. The van der Waals surface area contributed by atoms with E-state index in [4.69, 9.17) is 0 Å². The van der Waals surface area contributed by atoms with Gasteiger partial charge in [0.1, 0.15) is 5.75 Å². The van der Waals surface area contributed by atoms with E-state index in [1.165, 1.54) is 6.07 Å². The molecular weight excluding hydrogens is 210 g/mol.